The lowest BCUT2D eigenvalue weighted by Crippen LogP contribution is -2.24. The van der Waals surface area contributed by atoms with Crippen molar-refractivity contribution >= 4 is 23.6 Å². The van der Waals surface area contributed by atoms with Gasteiger partial charge in [-0.15, -0.1) is 0 Å². The van der Waals surface area contributed by atoms with E-state index in [1.54, 1.807) is 13.2 Å². The highest BCUT2D eigenvalue weighted by Gasteiger charge is 2.29. The number of benzene rings is 2. The van der Waals surface area contributed by atoms with E-state index in [-0.39, 0.29) is 23.8 Å². The Hall–Kier alpha value is -3.28. The van der Waals surface area contributed by atoms with Crippen molar-refractivity contribution in [2.45, 2.75) is 39.7 Å². The quantitative estimate of drug-likeness (QED) is 0.516. The third kappa shape index (κ3) is 6.87. The SMILES string of the molecule is COc1cc(/C=C/C(=O)NC(C)c2ccc(NC(=O)C3CC3)cc2)ccc1OCC(C)C. The number of hydrogen-bond acceptors (Lipinski definition) is 4. The van der Waals surface area contributed by atoms with Gasteiger partial charge in [-0.05, 0) is 67.2 Å². The Morgan fingerprint density at radius 3 is 2.41 bits per heavy atom. The standard InChI is InChI=1S/C26H32N2O4/c1-17(2)16-32-23-13-5-19(15-24(23)31-4)6-14-25(29)27-18(3)20-9-11-22(12-10-20)28-26(30)21-7-8-21/h5-6,9-15,17-18,21H,7-8,16H2,1-4H3,(H,27,29)(H,28,30)/b14-6+. The predicted molar refractivity (Wildman–Crippen MR) is 127 cm³/mol. The van der Waals surface area contributed by atoms with Crippen molar-refractivity contribution < 1.29 is 19.1 Å². The first kappa shape index (κ1) is 23.4. The minimum Gasteiger partial charge on any atom is -0.493 e. The normalized spacial score (nSPS) is 14.3. The molecule has 1 atom stereocenters. The Morgan fingerprint density at radius 1 is 1.06 bits per heavy atom. The van der Waals surface area contributed by atoms with E-state index in [0.717, 1.165) is 29.7 Å². The van der Waals surface area contributed by atoms with Crippen molar-refractivity contribution in [1.82, 2.24) is 5.32 Å². The van der Waals surface area contributed by atoms with Crippen LogP contribution in [-0.2, 0) is 9.59 Å². The molecule has 0 saturated heterocycles. The van der Waals surface area contributed by atoms with Crippen LogP contribution in [0.15, 0.2) is 48.5 Å². The summed E-state index contributed by atoms with van der Waals surface area (Å²) in [6, 6.07) is 13.0. The van der Waals surface area contributed by atoms with Crippen LogP contribution < -0.4 is 20.1 Å². The summed E-state index contributed by atoms with van der Waals surface area (Å²) in [5.41, 5.74) is 2.58. The molecule has 1 aliphatic rings. The minimum absolute atomic E-state index is 0.0837. The number of ether oxygens (including phenoxy) is 2. The minimum atomic E-state index is -0.192. The molecule has 6 heteroatoms. The maximum absolute atomic E-state index is 12.4. The van der Waals surface area contributed by atoms with E-state index in [9.17, 15) is 9.59 Å². The Kier molecular flexibility index (Phi) is 7.92. The van der Waals surface area contributed by atoms with Gasteiger partial charge in [0.1, 0.15) is 0 Å². The number of anilines is 1. The van der Waals surface area contributed by atoms with E-state index < -0.39 is 0 Å². The molecule has 2 aromatic carbocycles. The Labute approximate surface area is 190 Å². The molecule has 0 spiro atoms. The molecule has 2 aromatic rings. The van der Waals surface area contributed by atoms with Crippen molar-refractivity contribution in [3.05, 3.63) is 59.7 Å². The molecule has 3 rings (SSSR count). The fourth-order valence-corrected chi connectivity index (χ4v) is 3.13. The summed E-state index contributed by atoms with van der Waals surface area (Å²) in [5, 5.41) is 5.88. The predicted octanol–water partition coefficient (Wildman–Crippen LogP) is 4.97. The monoisotopic (exact) mass is 436 g/mol. The van der Waals surface area contributed by atoms with Gasteiger partial charge in [0.05, 0.1) is 19.8 Å². The molecule has 32 heavy (non-hydrogen) atoms. The highest BCUT2D eigenvalue weighted by molar-refractivity contribution is 5.94. The second kappa shape index (κ2) is 10.8. The molecular formula is C26H32N2O4. The highest BCUT2D eigenvalue weighted by Crippen LogP contribution is 2.30. The molecule has 0 aromatic heterocycles. The zero-order valence-electron chi connectivity index (χ0n) is 19.2. The van der Waals surface area contributed by atoms with E-state index in [2.05, 4.69) is 24.5 Å². The maximum Gasteiger partial charge on any atom is 0.244 e. The van der Waals surface area contributed by atoms with Gasteiger partial charge in [-0.2, -0.15) is 0 Å². The molecule has 0 radical (unpaired) electrons. The Morgan fingerprint density at radius 2 is 1.78 bits per heavy atom. The van der Waals surface area contributed by atoms with Crippen LogP contribution in [0.1, 0.15) is 50.8 Å². The van der Waals surface area contributed by atoms with Crippen molar-refractivity contribution in [2.24, 2.45) is 11.8 Å². The summed E-state index contributed by atoms with van der Waals surface area (Å²) in [6.45, 7) is 6.71. The van der Waals surface area contributed by atoms with Crippen LogP contribution in [0.5, 0.6) is 11.5 Å². The summed E-state index contributed by atoms with van der Waals surface area (Å²) in [5.74, 6) is 1.80. The molecular weight excluding hydrogens is 404 g/mol. The fourth-order valence-electron chi connectivity index (χ4n) is 3.13. The summed E-state index contributed by atoms with van der Waals surface area (Å²) in [4.78, 5) is 24.2. The van der Waals surface area contributed by atoms with Gasteiger partial charge in [0.25, 0.3) is 0 Å². The third-order valence-corrected chi connectivity index (χ3v) is 5.17. The van der Waals surface area contributed by atoms with E-state index in [0.29, 0.717) is 24.0 Å². The first-order chi connectivity index (χ1) is 15.4. The topological polar surface area (TPSA) is 76.7 Å². The van der Waals surface area contributed by atoms with Crippen molar-refractivity contribution in [3.8, 4) is 11.5 Å². The molecule has 2 amide bonds. The summed E-state index contributed by atoms with van der Waals surface area (Å²) < 4.78 is 11.2. The number of carbonyl (C=O) groups is 2. The zero-order valence-corrected chi connectivity index (χ0v) is 19.2. The van der Waals surface area contributed by atoms with Crippen molar-refractivity contribution in [3.63, 3.8) is 0 Å². The molecule has 0 aliphatic heterocycles. The van der Waals surface area contributed by atoms with Gasteiger partial charge in [0.2, 0.25) is 11.8 Å². The zero-order chi connectivity index (χ0) is 23.1. The van der Waals surface area contributed by atoms with Gasteiger partial charge in [-0.1, -0.05) is 32.0 Å². The van der Waals surface area contributed by atoms with Crippen molar-refractivity contribution in [2.75, 3.05) is 19.0 Å². The van der Waals surface area contributed by atoms with E-state index in [1.807, 2.05) is 49.4 Å². The van der Waals surface area contributed by atoms with Crippen LogP contribution >= 0.6 is 0 Å². The molecule has 1 aliphatic carbocycles. The summed E-state index contributed by atoms with van der Waals surface area (Å²) in [7, 11) is 1.60. The summed E-state index contributed by atoms with van der Waals surface area (Å²) >= 11 is 0. The van der Waals surface area contributed by atoms with Gasteiger partial charge in [0, 0.05) is 17.7 Å². The Bertz CT molecular complexity index is 962. The average molecular weight is 437 g/mol. The van der Waals surface area contributed by atoms with E-state index >= 15 is 0 Å². The third-order valence-electron chi connectivity index (χ3n) is 5.17. The largest absolute Gasteiger partial charge is 0.493 e. The number of hydrogen-bond donors (Lipinski definition) is 2. The van der Waals surface area contributed by atoms with Crippen LogP contribution in [0.3, 0.4) is 0 Å². The van der Waals surface area contributed by atoms with Gasteiger partial charge >= 0.3 is 0 Å². The number of nitrogens with one attached hydrogen (secondary N) is 2. The summed E-state index contributed by atoms with van der Waals surface area (Å²) in [6.07, 6.45) is 5.20. The van der Waals surface area contributed by atoms with E-state index in [1.165, 1.54) is 6.08 Å². The molecule has 1 saturated carbocycles. The smallest absolute Gasteiger partial charge is 0.244 e. The first-order valence-corrected chi connectivity index (χ1v) is 11.1. The van der Waals surface area contributed by atoms with E-state index in [4.69, 9.17) is 9.47 Å². The van der Waals surface area contributed by atoms with Gasteiger partial charge in [-0.25, -0.2) is 0 Å². The maximum atomic E-state index is 12.4. The second-order valence-corrected chi connectivity index (χ2v) is 8.56. The number of carbonyl (C=O) groups excluding carboxylic acids is 2. The number of rotatable bonds is 10. The Balaban J connectivity index is 1.54. The molecule has 2 N–H and O–H groups in total. The molecule has 1 fully saturated rings. The lowest BCUT2D eigenvalue weighted by atomic mass is 10.1. The van der Waals surface area contributed by atoms with Gasteiger partial charge < -0.3 is 20.1 Å². The lowest BCUT2D eigenvalue weighted by Gasteiger charge is -2.14. The van der Waals surface area contributed by atoms with Crippen LogP contribution in [0.2, 0.25) is 0 Å². The molecule has 170 valence electrons. The lowest BCUT2D eigenvalue weighted by molar-refractivity contribution is -0.118. The fraction of sp³-hybridized carbons (Fsp3) is 0.385. The molecule has 0 bridgehead atoms. The average Bonchev–Trinajstić information content (AvgIpc) is 3.62. The van der Waals surface area contributed by atoms with Gasteiger partial charge in [-0.3, -0.25) is 9.59 Å². The molecule has 0 heterocycles. The molecule has 1 unspecified atom stereocenters. The number of methoxy groups -OCH3 is 1. The van der Waals surface area contributed by atoms with Crippen LogP contribution in [0.4, 0.5) is 5.69 Å². The van der Waals surface area contributed by atoms with Crippen LogP contribution in [0, 0.1) is 11.8 Å². The van der Waals surface area contributed by atoms with Crippen LogP contribution in [0.25, 0.3) is 6.08 Å². The van der Waals surface area contributed by atoms with Crippen LogP contribution in [-0.4, -0.2) is 25.5 Å². The van der Waals surface area contributed by atoms with Crippen molar-refractivity contribution in [1.29, 1.82) is 0 Å². The highest BCUT2D eigenvalue weighted by atomic mass is 16.5. The molecule has 6 nitrogen and oxygen atoms in total. The second-order valence-electron chi connectivity index (χ2n) is 8.56. The first-order valence-electron chi connectivity index (χ1n) is 11.1. The van der Waals surface area contributed by atoms with Gasteiger partial charge in [0.15, 0.2) is 11.5 Å². The number of amides is 2.